The van der Waals surface area contributed by atoms with Crippen LogP contribution in [0.4, 0.5) is 5.00 Å². The molecule has 3 aromatic rings. The first-order valence-electron chi connectivity index (χ1n) is 6.27. The van der Waals surface area contributed by atoms with Crippen LogP contribution in [0.5, 0.6) is 0 Å². The van der Waals surface area contributed by atoms with Crippen molar-refractivity contribution < 1.29 is 12.8 Å². The zero-order chi connectivity index (χ0) is 15.7. The van der Waals surface area contributed by atoms with Crippen molar-refractivity contribution in [2.24, 2.45) is 0 Å². The lowest BCUT2D eigenvalue weighted by Crippen LogP contribution is -2.11. The molecule has 0 saturated carbocycles. The van der Waals surface area contributed by atoms with Crippen molar-refractivity contribution in [3.8, 4) is 11.3 Å². The highest BCUT2D eigenvalue weighted by Gasteiger charge is 2.22. The van der Waals surface area contributed by atoms with Gasteiger partial charge in [-0.3, -0.25) is 4.72 Å². The van der Waals surface area contributed by atoms with E-state index in [-0.39, 0.29) is 5.09 Å². The number of rotatable bonds is 4. The molecule has 0 atom stereocenters. The van der Waals surface area contributed by atoms with Crippen LogP contribution in [-0.4, -0.2) is 13.4 Å². The predicted octanol–water partition coefficient (Wildman–Crippen LogP) is 4.27. The van der Waals surface area contributed by atoms with Crippen molar-refractivity contribution in [1.82, 2.24) is 4.98 Å². The summed E-state index contributed by atoms with van der Waals surface area (Å²) >= 11 is 4.38. The van der Waals surface area contributed by atoms with E-state index >= 15 is 0 Å². The van der Waals surface area contributed by atoms with Crippen LogP contribution < -0.4 is 4.72 Å². The quantitative estimate of drug-likeness (QED) is 0.711. The maximum Gasteiger partial charge on any atom is 0.296 e. The van der Waals surface area contributed by atoms with E-state index in [0.29, 0.717) is 15.4 Å². The van der Waals surface area contributed by atoms with Crippen LogP contribution in [0.2, 0.25) is 0 Å². The topological polar surface area (TPSA) is 72.2 Å². The van der Waals surface area contributed by atoms with E-state index in [1.165, 1.54) is 23.5 Å². The molecule has 114 valence electrons. The SMILES string of the molecule is Cc1nc(-c2ccccc2)c(NS(=O)(=O)c2ccc(Br)o2)s1. The van der Waals surface area contributed by atoms with E-state index in [0.717, 1.165) is 10.6 Å². The lowest BCUT2D eigenvalue weighted by molar-refractivity contribution is 0.433. The van der Waals surface area contributed by atoms with E-state index in [1.807, 2.05) is 37.3 Å². The Balaban J connectivity index is 2.00. The fourth-order valence-electron chi connectivity index (χ4n) is 1.90. The number of benzene rings is 1. The summed E-state index contributed by atoms with van der Waals surface area (Å²) in [5.74, 6) is 0. The summed E-state index contributed by atoms with van der Waals surface area (Å²) in [6, 6.07) is 12.4. The number of hydrogen-bond acceptors (Lipinski definition) is 5. The molecular formula is C14H11BrN2O3S2. The Labute approximate surface area is 140 Å². The van der Waals surface area contributed by atoms with Crippen molar-refractivity contribution >= 4 is 42.3 Å². The van der Waals surface area contributed by atoms with E-state index in [9.17, 15) is 8.42 Å². The molecule has 0 bridgehead atoms. The second-order valence-corrected chi connectivity index (χ2v) is 8.04. The number of aromatic nitrogens is 1. The molecule has 0 amide bonds. The number of furan rings is 1. The van der Waals surface area contributed by atoms with Gasteiger partial charge in [-0.2, -0.15) is 8.42 Å². The summed E-state index contributed by atoms with van der Waals surface area (Å²) in [4.78, 5) is 4.42. The molecule has 0 saturated heterocycles. The van der Waals surface area contributed by atoms with Gasteiger partial charge in [0.2, 0.25) is 5.09 Å². The van der Waals surface area contributed by atoms with Gasteiger partial charge in [-0.15, -0.1) is 11.3 Å². The molecule has 2 heterocycles. The Morgan fingerprint density at radius 1 is 1.18 bits per heavy atom. The monoisotopic (exact) mass is 398 g/mol. The van der Waals surface area contributed by atoms with Crippen LogP contribution in [0.15, 0.2) is 56.6 Å². The molecule has 0 spiro atoms. The predicted molar refractivity (Wildman–Crippen MR) is 89.5 cm³/mol. The minimum atomic E-state index is -3.79. The van der Waals surface area contributed by atoms with E-state index in [2.05, 4.69) is 25.6 Å². The molecule has 22 heavy (non-hydrogen) atoms. The number of hydrogen-bond donors (Lipinski definition) is 1. The summed E-state index contributed by atoms with van der Waals surface area (Å²) in [6.07, 6.45) is 0. The zero-order valence-electron chi connectivity index (χ0n) is 11.4. The molecule has 1 N–H and O–H groups in total. The summed E-state index contributed by atoms with van der Waals surface area (Å²) in [7, 11) is -3.79. The van der Waals surface area contributed by atoms with Crippen molar-refractivity contribution in [3.05, 3.63) is 52.1 Å². The molecule has 0 radical (unpaired) electrons. The largest absolute Gasteiger partial charge is 0.436 e. The lowest BCUT2D eigenvalue weighted by atomic mass is 10.2. The van der Waals surface area contributed by atoms with Gasteiger partial charge < -0.3 is 4.42 Å². The first-order valence-corrected chi connectivity index (χ1v) is 9.36. The second kappa shape index (κ2) is 5.86. The average molecular weight is 399 g/mol. The molecule has 5 nitrogen and oxygen atoms in total. The average Bonchev–Trinajstić information content (AvgIpc) is 3.06. The van der Waals surface area contributed by atoms with Crippen molar-refractivity contribution in [3.63, 3.8) is 0 Å². The summed E-state index contributed by atoms with van der Waals surface area (Å²) in [5.41, 5.74) is 1.46. The van der Waals surface area contributed by atoms with Gasteiger partial charge in [-0.25, -0.2) is 4.98 Å². The maximum atomic E-state index is 12.4. The third-order valence-corrected chi connectivity index (χ3v) is 5.49. The number of aryl methyl sites for hydroxylation is 1. The first kappa shape index (κ1) is 15.3. The van der Waals surface area contributed by atoms with Crippen molar-refractivity contribution in [2.75, 3.05) is 4.72 Å². The minimum Gasteiger partial charge on any atom is -0.436 e. The fourth-order valence-corrected chi connectivity index (χ4v) is 4.39. The van der Waals surface area contributed by atoms with Gasteiger partial charge in [0.05, 0.1) is 5.01 Å². The third kappa shape index (κ3) is 3.08. The second-order valence-electron chi connectivity index (χ2n) is 4.44. The molecule has 3 rings (SSSR count). The molecule has 0 aliphatic carbocycles. The first-order chi connectivity index (χ1) is 10.5. The molecule has 0 unspecified atom stereocenters. The van der Waals surface area contributed by atoms with Crippen LogP contribution in [0.1, 0.15) is 5.01 Å². The Hall–Kier alpha value is -1.64. The van der Waals surface area contributed by atoms with Gasteiger partial charge in [-0.05, 0) is 35.0 Å². The van der Waals surface area contributed by atoms with Gasteiger partial charge >= 0.3 is 0 Å². The Morgan fingerprint density at radius 3 is 2.55 bits per heavy atom. The van der Waals surface area contributed by atoms with Crippen LogP contribution >= 0.6 is 27.3 Å². The number of thiazole rings is 1. The highest BCUT2D eigenvalue weighted by molar-refractivity contribution is 9.10. The Morgan fingerprint density at radius 2 is 1.91 bits per heavy atom. The van der Waals surface area contributed by atoms with Crippen LogP contribution in [-0.2, 0) is 10.0 Å². The maximum absolute atomic E-state index is 12.4. The Kier molecular flexibility index (Phi) is 4.07. The zero-order valence-corrected chi connectivity index (χ0v) is 14.6. The Bertz CT molecular complexity index is 901. The molecule has 0 aliphatic heterocycles. The van der Waals surface area contributed by atoms with Gasteiger partial charge in [0.1, 0.15) is 10.7 Å². The lowest BCUT2D eigenvalue weighted by Gasteiger charge is -2.05. The third-order valence-electron chi connectivity index (χ3n) is 2.82. The number of nitrogens with one attached hydrogen (secondary N) is 1. The van der Waals surface area contributed by atoms with E-state index in [4.69, 9.17) is 4.42 Å². The van der Waals surface area contributed by atoms with E-state index < -0.39 is 10.0 Å². The molecule has 0 fully saturated rings. The molecule has 8 heteroatoms. The molecule has 2 aromatic heterocycles. The van der Waals surface area contributed by atoms with Crippen LogP contribution in [0, 0.1) is 6.92 Å². The van der Waals surface area contributed by atoms with Crippen molar-refractivity contribution in [2.45, 2.75) is 12.0 Å². The molecule has 0 aliphatic rings. The number of anilines is 1. The van der Waals surface area contributed by atoms with Gasteiger partial charge in [0.15, 0.2) is 4.67 Å². The van der Waals surface area contributed by atoms with Gasteiger partial charge in [0.25, 0.3) is 10.0 Å². The fraction of sp³-hybridized carbons (Fsp3) is 0.0714. The summed E-state index contributed by atoms with van der Waals surface area (Å²) in [5, 5.41) is 1.10. The highest BCUT2D eigenvalue weighted by atomic mass is 79.9. The normalized spacial score (nSPS) is 11.5. The van der Waals surface area contributed by atoms with Crippen LogP contribution in [0.25, 0.3) is 11.3 Å². The van der Waals surface area contributed by atoms with Crippen molar-refractivity contribution in [1.29, 1.82) is 0 Å². The van der Waals surface area contributed by atoms with Crippen LogP contribution in [0.3, 0.4) is 0 Å². The highest BCUT2D eigenvalue weighted by Crippen LogP contribution is 2.34. The standard InChI is InChI=1S/C14H11BrN2O3S2/c1-9-16-13(10-5-3-2-4-6-10)14(21-9)17-22(18,19)12-8-7-11(15)20-12/h2-8,17H,1H3. The summed E-state index contributed by atoms with van der Waals surface area (Å²) < 4.78 is 32.8. The van der Waals surface area contributed by atoms with Gasteiger partial charge in [0, 0.05) is 5.56 Å². The number of sulfonamides is 1. The van der Waals surface area contributed by atoms with E-state index in [1.54, 1.807) is 0 Å². The smallest absolute Gasteiger partial charge is 0.296 e. The number of nitrogens with zero attached hydrogens (tertiary/aromatic N) is 1. The minimum absolute atomic E-state index is 0.149. The molecular weight excluding hydrogens is 388 g/mol. The number of halogens is 1. The summed E-state index contributed by atoms with van der Waals surface area (Å²) in [6.45, 7) is 1.83. The van der Waals surface area contributed by atoms with Gasteiger partial charge in [-0.1, -0.05) is 30.3 Å². The molecule has 1 aromatic carbocycles.